The molecule has 0 aromatic heterocycles. The first-order valence-electron chi connectivity index (χ1n) is 10.3. The largest absolute Gasteiger partial charge is 0.350 e. The second-order valence-electron chi connectivity index (χ2n) is 8.84. The van der Waals surface area contributed by atoms with E-state index >= 15 is 0 Å². The SMILES string of the molecule is CCC(C(=O)NC(C)(C)C)N(Cc1cccc(C)c1)C(=O)Cc1cccc(C)c1. The fourth-order valence-corrected chi connectivity index (χ4v) is 3.48. The standard InChI is InChI=1S/C25H34N2O2/c1-7-22(24(29)26-25(4,5)6)27(17-21-13-9-11-19(3)15-21)23(28)16-20-12-8-10-18(2)14-20/h8-15,22H,7,16-17H2,1-6H3,(H,26,29). The Morgan fingerprint density at radius 1 is 0.966 bits per heavy atom. The van der Waals surface area contributed by atoms with Crippen LogP contribution < -0.4 is 5.32 Å². The van der Waals surface area contributed by atoms with Crippen LogP contribution in [0, 0.1) is 13.8 Å². The van der Waals surface area contributed by atoms with Crippen LogP contribution in [0.1, 0.15) is 56.4 Å². The van der Waals surface area contributed by atoms with Gasteiger partial charge < -0.3 is 10.2 Å². The molecule has 0 spiro atoms. The smallest absolute Gasteiger partial charge is 0.243 e. The number of rotatable bonds is 7. The Morgan fingerprint density at radius 3 is 2.03 bits per heavy atom. The van der Waals surface area contributed by atoms with Gasteiger partial charge in [0.25, 0.3) is 0 Å². The molecule has 0 aliphatic carbocycles. The molecule has 0 aliphatic heterocycles. The summed E-state index contributed by atoms with van der Waals surface area (Å²) in [5.41, 5.74) is 3.91. The summed E-state index contributed by atoms with van der Waals surface area (Å²) in [5, 5.41) is 3.04. The second kappa shape index (κ2) is 9.73. The zero-order chi connectivity index (χ0) is 21.6. The lowest BCUT2D eigenvalue weighted by Gasteiger charge is -2.33. The van der Waals surface area contributed by atoms with E-state index in [0.717, 1.165) is 22.3 Å². The van der Waals surface area contributed by atoms with Crippen molar-refractivity contribution in [2.24, 2.45) is 0 Å². The van der Waals surface area contributed by atoms with Crippen LogP contribution in [0.15, 0.2) is 48.5 Å². The van der Waals surface area contributed by atoms with Crippen LogP contribution in [0.2, 0.25) is 0 Å². The van der Waals surface area contributed by atoms with Crippen molar-refractivity contribution in [2.45, 2.75) is 72.5 Å². The van der Waals surface area contributed by atoms with E-state index in [-0.39, 0.29) is 23.8 Å². The van der Waals surface area contributed by atoms with Gasteiger partial charge in [-0.1, -0.05) is 66.6 Å². The van der Waals surface area contributed by atoms with Crippen molar-refractivity contribution in [3.63, 3.8) is 0 Å². The predicted molar refractivity (Wildman–Crippen MR) is 119 cm³/mol. The third-order valence-electron chi connectivity index (χ3n) is 4.76. The minimum absolute atomic E-state index is 0.0342. The van der Waals surface area contributed by atoms with Gasteiger partial charge in [0.1, 0.15) is 6.04 Å². The van der Waals surface area contributed by atoms with Gasteiger partial charge in [-0.25, -0.2) is 0 Å². The molecule has 4 nitrogen and oxygen atoms in total. The van der Waals surface area contributed by atoms with Gasteiger partial charge in [0, 0.05) is 12.1 Å². The van der Waals surface area contributed by atoms with Gasteiger partial charge in [-0.2, -0.15) is 0 Å². The van der Waals surface area contributed by atoms with Crippen molar-refractivity contribution in [1.82, 2.24) is 10.2 Å². The topological polar surface area (TPSA) is 49.4 Å². The van der Waals surface area contributed by atoms with Crippen LogP contribution in [0.25, 0.3) is 0 Å². The highest BCUT2D eigenvalue weighted by molar-refractivity contribution is 5.88. The van der Waals surface area contributed by atoms with E-state index in [9.17, 15) is 9.59 Å². The first-order valence-corrected chi connectivity index (χ1v) is 10.3. The van der Waals surface area contributed by atoms with Crippen LogP contribution in [-0.2, 0) is 22.6 Å². The van der Waals surface area contributed by atoms with E-state index in [1.165, 1.54) is 0 Å². The molecule has 1 atom stereocenters. The maximum Gasteiger partial charge on any atom is 0.243 e. The molecule has 0 radical (unpaired) electrons. The molecule has 1 N–H and O–H groups in total. The molecule has 156 valence electrons. The Labute approximate surface area is 175 Å². The quantitative estimate of drug-likeness (QED) is 0.748. The Balaban J connectivity index is 2.32. The summed E-state index contributed by atoms with van der Waals surface area (Å²) in [5.74, 6) is -0.140. The van der Waals surface area contributed by atoms with Crippen LogP contribution in [-0.4, -0.2) is 28.3 Å². The number of carbonyl (C=O) groups excluding carboxylic acids is 2. The summed E-state index contributed by atoms with van der Waals surface area (Å²) < 4.78 is 0. The third kappa shape index (κ3) is 7.04. The Bertz CT molecular complexity index is 852. The summed E-state index contributed by atoms with van der Waals surface area (Å²) in [6.45, 7) is 12.3. The van der Waals surface area contributed by atoms with Crippen molar-refractivity contribution in [3.8, 4) is 0 Å². The van der Waals surface area contributed by atoms with E-state index in [4.69, 9.17) is 0 Å². The summed E-state index contributed by atoms with van der Waals surface area (Å²) in [6.07, 6.45) is 0.847. The highest BCUT2D eigenvalue weighted by atomic mass is 16.2. The molecule has 2 aromatic carbocycles. The second-order valence-corrected chi connectivity index (χ2v) is 8.84. The van der Waals surface area contributed by atoms with Gasteiger partial charge in [0.15, 0.2) is 0 Å². The number of benzene rings is 2. The van der Waals surface area contributed by atoms with E-state index in [1.807, 2.05) is 84.0 Å². The van der Waals surface area contributed by atoms with Gasteiger partial charge in [-0.05, 0) is 52.2 Å². The summed E-state index contributed by atoms with van der Waals surface area (Å²) in [6, 6.07) is 15.6. The molecule has 0 heterocycles. The first kappa shape index (κ1) is 22.7. The molecule has 0 saturated heterocycles. The molecule has 0 fully saturated rings. The van der Waals surface area contributed by atoms with Crippen LogP contribution in [0.4, 0.5) is 0 Å². The number of hydrogen-bond acceptors (Lipinski definition) is 2. The molecular weight excluding hydrogens is 360 g/mol. The normalized spacial score (nSPS) is 12.3. The number of nitrogens with one attached hydrogen (secondary N) is 1. The number of hydrogen-bond donors (Lipinski definition) is 1. The summed E-state index contributed by atoms with van der Waals surface area (Å²) in [7, 11) is 0. The van der Waals surface area contributed by atoms with E-state index in [2.05, 4.69) is 11.4 Å². The molecule has 0 bridgehead atoms. The Morgan fingerprint density at radius 2 is 1.52 bits per heavy atom. The van der Waals surface area contributed by atoms with Gasteiger partial charge in [0.05, 0.1) is 6.42 Å². The van der Waals surface area contributed by atoms with Gasteiger partial charge >= 0.3 is 0 Å². The van der Waals surface area contributed by atoms with Crippen molar-refractivity contribution >= 4 is 11.8 Å². The number of aryl methyl sites for hydroxylation is 2. The average molecular weight is 395 g/mol. The lowest BCUT2D eigenvalue weighted by atomic mass is 10.0. The van der Waals surface area contributed by atoms with Gasteiger partial charge in [0.2, 0.25) is 11.8 Å². The minimum atomic E-state index is -0.507. The molecule has 4 heteroatoms. The van der Waals surface area contributed by atoms with Crippen molar-refractivity contribution in [1.29, 1.82) is 0 Å². The zero-order valence-electron chi connectivity index (χ0n) is 18.6. The number of carbonyl (C=O) groups is 2. The Kier molecular flexibility index (Phi) is 7.60. The van der Waals surface area contributed by atoms with Crippen molar-refractivity contribution in [3.05, 3.63) is 70.8 Å². The molecule has 2 aromatic rings. The summed E-state index contributed by atoms with van der Waals surface area (Å²) in [4.78, 5) is 28.1. The third-order valence-corrected chi connectivity index (χ3v) is 4.76. The average Bonchev–Trinajstić information content (AvgIpc) is 2.60. The van der Waals surface area contributed by atoms with Crippen molar-refractivity contribution in [2.75, 3.05) is 0 Å². The molecule has 29 heavy (non-hydrogen) atoms. The van der Waals surface area contributed by atoms with Crippen molar-refractivity contribution < 1.29 is 9.59 Å². The maximum atomic E-state index is 13.3. The number of nitrogens with zero attached hydrogens (tertiary/aromatic N) is 1. The molecular formula is C25H34N2O2. The van der Waals surface area contributed by atoms with Crippen LogP contribution in [0.5, 0.6) is 0 Å². The molecule has 0 saturated carbocycles. The highest BCUT2D eigenvalue weighted by Crippen LogP contribution is 2.17. The van der Waals surface area contributed by atoms with Gasteiger partial charge in [-0.15, -0.1) is 0 Å². The van der Waals surface area contributed by atoms with Crippen LogP contribution in [0.3, 0.4) is 0 Å². The van der Waals surface area contributed by atoms with E-state index in [0.29, 0.717) is 13.0 Å². The lowest BCUT2D eigenvalue weighted by Crippen LogP contribution is -2.53. The molecule has 2 amide bonds. The van der Waals surface area contributed by atoms with E-state index in [1.54, 1.807) is 4.90 Å². The fourth-order valence-electron chi connectivity index (χ4n) is 3.48. The first-order chi connectivity index (χ1) is 13.6. The molecule has 1 unspecified atom stereocenters. The fraction of sp³-hybridized carbons (Fsp3) is 0.440. The Hall–Kier alpha value is -2.62. The monoisotopic (exact) mass is 394 g/mol. The number of amides is 2. The maximum absolute atomic E-state index is 13.3. The molecule has 0 aliphatic rings. The lowest BCUT2D eigenvalue weighted by molar-refractivity contribution is -0.141. The van der Waals surface area contributed by atoms with Gasteiger partial charge in [-0.3, -0.25) is 9.59 Å². The summed E-state index contributed by atoms with van der Waals surface area (Å²) >= 11 is 0. The van der Waals surface area contributed by atoms with E-state index < -0.39 is 6.04 Å². The minimum Gasteiger partial charge on any atom is -0.350 e. The zero-order valence-corrected chi connectivity index (χ0v) is 18.6. The molecule has 2 rings (SSSR count). The predicted octanol–water partition coefficient (Wildman–Crippen LogP) is 4.57. The highest BCUT2D eigenvalue weighted by Gasteiger charge is 2.30. The van der Waals surface area contributed by atoms with Crippen LogP contribution >= 0.6 is 0 Å².